The molecule has 0 bridgehead atoms. The predicted octanol–water partition coefficient (Wildman–Crippen LogP) is 0.167. The van der Waals surface area contributed by atoms with E-state index in [0.29, 0.717) is 0 Å². The van der Waals surface area contributed by atoms with Crippen LogP contribution in [0, 0.1) is 5.41 Å². The molecule has 0 saturated heterocycles. The predicted molar refractivity (Wildman–Crippen MR) is 59.1 cm³/mol. The number of aliphatic hydroxyl groups excluding tert-OH is 1. The summed E-state index contributed by atoms with van der Waals surface area (Å²) in [6, 6.07) is -0.468. The number of hydrogen-bond donors (Lipinski definition) is 4. The van der Waals surface area contributed by atoms with Crippen molar-refractivity contribution in [2.75, 3.05) is 13.1 Å². The lowest BCUT2D eigenvalue weighted by atomic mass is 9.89. The van der Waals surface area contributed by atoms with Gasteiger partial charge in [-0.15, -0.1) is 0 Å². The molecule has 2 amide bonds. The maximum absolute atomic E-state index is 11.1. The number of amides is 2. The summed E-state index contributed by atoms with van der Waals surface area (Å²) in [5.41, 5.74) is -0.297. The van der Waals surface area contributed by atoms with E-state index in [1.54, 1.807) is 0 Å². The second-order valence-corrected chi connectivity index (χ2v) is 4.66. The summed E-state index contributed by atoms with van der Waals surface area (Å²) < 4.78 is 0. The fourth-order valence-electron chi connectivity index (χ4n) is 0.841. The van der Waals surface area contributed by atoms with Gasteiger partial charge in [-0.3, -0.25) is 4.79 Å². The summed E-state index contributed by atoms with van der Waals surface area (Å²) in [7, 11) is 0. The quantitative estimate of drug-likeness (QED) is 0.543. The van der Waals surface area contributed by atoms with Crippen LogP contribution in [0.5, 0.6) is 0 Å². The summed E-state index contributed by atoms with van der Waals surface area (Å²) in [4.78, 5) is 21.3. The third-order valence-electron chi connectivity index (χ3n) is 2.08. The van der Waals surface area contributed by atoms with E-state index in [-0.39, 0.29) is 24.9 Å². The van der Waals surface area contributed by atoms with E-state index >= 15 is 0 Å². The van der Waals surface area contributed by atoms with Gasteiger partial charge in [0.25, 0.3) is 0 Å². The van der Waals surface area contributed by atoms with Crippen molar-refractivity contribution in [3.63, 3.8) is 0 Å². The summed E-state index contributed by atoms with van der Waals surface area (Å²) in [5, 5.41) is 22.8. The highest BCUT2D eigenvalue weighted by Gasteiger charge is 2.22. The molecule has 1 unspecified atom stereocenters. The highest BCUT2D eigenvalue weighted by Crippen LogP contribution is 2.17. The summed E-state index contributed by atoms with van der Waals surface area (Å²) in [6.07, 6.45) is -0.757. The number of urea groups is 1. The number of aliphatic carboxylic acids is 1. The van der Waals surface area contributed by atoms with Gasteiger partial charge in [0.05, 0.1) is 12.5 Å². The fourth-order valence-corrected chi connectivity index (χ4v) is 0.841. The molecule has 6 nitrogen and oxygen atoms in total. The van der Waals surface area contributed by atoms with Crippen molar-refractivity contribution in [2.24, 2.45) is 5.41 Å². The highest BCUT2D eigenvalue weighted by atomic mass is 16.4. The van der Waals surface area contributed by atoms with Gasteiger partial charge in [-0.05, 0) is 5.41 Å². The first kappa shape index (κ1) is 14.7. The number of aliphatic hydroxyl groups is 1. The van der Waals surface area contributed by atoms with Gasteiger partial charge in [0.2, 0.25) is 0 Å². The van der Waals surface area contributed by atoms with Crippen molar-refractivity contribution >= 4 is 12.0 Å². The molecule has 0 rings (SSSR count). The van der Waals surface area contributed by atoms with Gasteiger partial charge in [0, 0.05) is 13.1 Å². The molecule has 0 aromatic rings. The van der Waals surface area contributed by atoms with E-state index in [2.05, 4.69) is 10.6 Å². The molecule has 0 radical (unpaired) electrons. The van der Waals surface area contributed by atoms with E-state index in [4.69, 9.17) is 5.11 Å². The average molecular weight is 232 g/mol. The summed E-state index contributed by atoms with van der Waals surface area (Å²) in [5.74, 6) is -0.963. The van der Waals surface area contributed by atoms with E-state index < -0.39 is 18.1 Å². The molecule has 1 atom stereocenters. The summed E-state index contributed by atoms with van der Waals surface area (Å²) in [6.45, 7) is 5.81. The molecule has 0 aromatic heterocycles. The first-order chi connectivity index (χ1) is 7.23. The lowest BCUT2D eigenvalue weighted by molar-refractivity contribution is -0.136. The van der Waals surface area contributed by atoms with Crippen molar-refractivity contribution in [1.29, 1.82) is 0 Å². The van der Waals surface area contributed by atoms with Crippen molar-refractivity contribution in [3.8, 4) is 0 Å². The van der Waals surface area contributed by atoms with Gasteiger partial charge < -0.3 is 20.8 Å². The van der Waals surface area contributed by atoms with Crippen LogP contribution in [-0.4, -0.2) is 41.4 Å². The van der Waals surface area contributed by atoms with E-state index in [9.17, 15) is 14.7 Å². The van der Waals surface area contributed by atoms with Crippen molar-refractivity contribution < 1.29 is 19.8 Å². The minimum Gasteiger partial charge on any atom is -0.481 e. The molecule has 0 aliphatic carbocycles. The Morgan fingerprint density at radius 2 is 1.81 bits per heavy atom. The molecule has 0 aromatic carbocycles. The highest BCUT2D eigenvalue weighted by molar-refractivity contribution is 5.74. The molecule has 0 fully saturated rings. The smallest absolute Gasteiger partial charge is 0.314 e. The Morgan fingerprint density at radius 3 is 2.25 bits per heavy atom. The second kappa shape index (κ2) is 6.32. The van der Waals surface area contributed by atoms with Gasteiger partial charge in [0.15, 0.2) is 0 Å². The Kier molecular flexibility index (Phi) is 5.81. The van der Waals surface area contributed by atoms with Gasteiger partial charge >= 0.3 is 12.0 Å². The number of carbonyl (C=O) groups is 2. The Balaban J connectivity index is 3.70. The number of hydrogen-bond acceptors (Lipinski definition) is 3. The zero-order chi connectivity index (χ0) is 12.8. The average Bonchev–Trinajstić information content (AvgIpc) is 2.11. The molecule has 0 heterocycles. The molecule has 0 saturated carbocycles. The monoisotopic (exact) mass is 232 g/mol. The van der Waals surface area contributed by atoms with E-state index in [1.165, 1.54) is 0 Å². The largest absolute Gasteiger partial charge is 0.481 e. The molecular formula is C10H20N2O4. The van der Waals surface area contributed by atoms with Crippen LogP contribution >= 0.6 is 0 Å². The van der Waals surface area contributed by atoms with Crippen LogP contribution in [0.4, 0.5) is 4.79 Å². The number of carboxylic acids is 1. The molecule has 0 aliphatic heterocycles. The van der Waals surface area contributed by atoms with Gasteiger partial charge in [-0.2, -0.15) is 0 Å². The van der Waals surface area contributed by atoms with Crippen LogP contribution in [0.1, 0.15) is 27.2 Å². The SMILES string of the molecule is CC(C)(C)C(O)CNC(=O)NCCC(=O)O. The second-order valence-electron chi connectivity index (χ2n) is 4.66. The molecule has 0 spiro atoms. The molecule has 0 aliphatic rings. The Labute approximate surface area is 95.0 Å². The fraction of sp³-hybridized carbons (Fsp3) is 0.800. The number of rotatable bonds is 5. The maximum Gasteiger partial charge on any atom is 0.314 e. The summed E-state index contributed by atoms with van der Waals surface area (Å²) >= 11 is 0. The van der Waals surface area contributed by atoms with Crippen molar-refractivity contribution in [2.45, 2.75) is 33.3 Å². The minimum atomic E-state index is -0.963. The van der Waals surface area contributed by atoms with Crippen LogP contribution in [0.3, 0.4) is 0 Å². The van der Waals surface area contributed by atoms with Crippen molar-refractivity contribution in [1.82, 2.24) is 10.6 Å². The first-order valence-electron chi connectivity index (χ1n) is 5.15. The van der Waals surface area contributed by atoms with E-state index in [1.807, 2.05) is 20.8 Å². The topological polar surface area (TPSA) is 98.7 Å². The Morgan fingerprint density at radius 1 is 1.25 bits per heavy atom. The first-order valence-corrected chi connectivity index (χ1v) is 5.15. The molecule has 6 heteroatoms. The van der Waals surface area contributed by atoms with Gasteiger partial charge in [0.1, 0.15) is 0 Å². The third kappa shape index (κ3) is 7.05. The third-order valence-corrected chi connectivity index (χ3v) is 2.08. The Hall–Kier alpha value is -1.30. The number of carboxylic acid groups (broad SMARTS) is 1. The normalized spacial score (nSPS) is 13.0. The standard InChI is InChI=1S/C10H20N2O4/c1-10(2,3)7(13)6-12-9(16)11-5-4-8(14)15/h7,13H,4-6H2,1-3H3,(H,14,15)(H2,11,12,16). The molecule has 4 N–H and O–H groups in total. The lowest BCUT2D eigenvalue weighted by Gasteiger charge is -2.25. The van der Waals surface area contributed by atoms with Gasteiger partial charge in [-0.1, -0.05) is 20.8 Å². The number of nitrogens with one attached hydrogen (secondary N) is 2. The number of carbonyl (C=O) groups excluding carboxylic acids is 1. The zero-order valence-corrected chi connectivity index (χ0v) is 9.91. The van der Waals surface area contributed by atoms with Crippen LogP contribution in [0.25, 0.3) is 0 Å². The van der Waals surface area contributed by atoms with Crippen LogP contribution in [-0.2, 0) is 4.79 Å². The van der Waals surface area contributed by atoms with Crippen molar-refractivity contribution in [3.05, 3.63) is 0 Å². The molecule has 94 valence electrons. The Bertz CT molecular complexity index is 248. The maximum atomic E-state index is 11.1. The minimum absolute atomic E-state index is 0.0762. The van der Waals surface area contributed by atoms with E-state index in [0.717, 1.165) is 0 Å². The zero-order valence-electron chi connectivity index (χ0n) is 9.91. The van der Waals surface area contributed by atoms with Crippen LogP contribution < -0.4 is 10.6 Å². The van der Waals surface area contributed by atoms with Crippen LogP contribution in [0.15, 0.2) is 0 Å². The molecular weight excluding hydrogens is 212 g/mol. The molecule has 16 heavy (non-hydrogen) atoms. The van der Waals surface area contributed by atoms with Crippen LogP contribution in [0.2, 0.25) is 0 Å². The lowest BCUT2D eigenvalue weighted by Crippen LogP contribution is -2.43. The van der Waals surface area contributed by atoms with Gasteiger partial charge in [-0.25, -0.2) is 4.79 Å².